The molecule has 0 fully saturated rings. The molecule has 0 radical (unpaired) electrons. The van der Waals surface area contributed by atoms with E-state index in [9.17, 15) is 24.9 Å². The molecule has 1 amide bonds. The van der Waals surface area contributed by atoms with E-state index >= 15 is 0 Å². The van der Waals surface area contributed by atoms with Gasteiger partial charge >= 0.3 is 5.63 Å². The van der Waals surface area contributed by atoms with Crippen LogP contribution in [0.2, 0.25) is 0 Å². The Morgan fingerprint density at radius 2 is 2.00 bits per heavy atom. The second kappa shape index (κ2) is 7.93. The van der Waals surface area contributed by atoms with Gasteiger partial charge in [0.2, 0.25) is 5.75 Å². The molecule has 11 heteroatoms. The van der Waals surface area contributed by atoms with Crippen molar-refractivity contribution in [1.29, 1.82) is 0 Å². The zero-order valence-corrected chi connectivity index (χ0v) is 17.5. The molecule has 1 aromatic heterocycles. The SMILES string of the molecule is COc1ccc2cc(N(C)C(=O)C3=NO[C@@H]4[C@@H](O)C=C[C@H](O)[C@]4(O)C3)c(=O)oc2c1OC. The largest absolute Gasteiger partial charge is 0.493 e. The predicted octanol–water partition coefficient (Wildman–Crippen LogP) is -0.0594. The zero-order valence-electron chi connectivity index (χ0n) is 17.5. The summed E-state index contributed by atoms with van der Waals surface area (Å²) in [7, 11) is 4.20. The zero-order chi connectivity index (χ0) is 23.2. The number of anilines is 1. The van der Waals surface area contributed by atoms with Gasteiger partial charge in [-0.2, -0.15) is 0 Å². The highest BCUT2D eigenvalue weighted by Gasteiger charge is 2.54. The highest BCUT2D eigenvalue weighted by molar-refractivity contribution is 6.43. The van der Waals surface area contributed by atoms with Crippen LogP contribution in [0.1, 0.15) is 6.42 Å². The molecule has 0 unspecified atom stereocenters. The Hall–Kier alpha value is -3.41. The van der Waals surface area contributed by atoms with Crippen LogP contribution in [0.5, 0.6) is 11.5 Å². The van der Waals surface area contributed by atoms with Crippen molar-refractivity contribution in [3.63, 3.8) is 0 Å². The summed E-state index contributed by atoms with van der Waals surface area (Å²) in [6.45, 7) is 0. The van der Waals surface area contributed by atoms with Crippen LogP contribution in [-0.2, 0) is 9.63 Å². The average Bonchev–Trinajstić information content (AvgIpc) is 2.79. The summed E-state index contributed by atoms with van der Waals surface area (Å²) >= 11 is 0. The number of carbonyl (C=O) groups excluding carboxylic acids is 1. The van der Waals surface area contributed by atoms with Crippen molar-refractivity contribution in [1.82, 2.24) is 0 Å². The van der Waals surface area contributed by atoms with Gasteiger partial charge in [0.25, 0.3) is 5.91 Å². The van der Waals surface area contributed by atoms with Crippen LogP contribution in [0, 0.1) is 0 Å². The molecule has 0 bridgehead atoms. The molecule has 4 rings (SSSR count). The molecule has 170 valence electrons. The smallest absolute Gasteiger partial charge is 0.360 e. The number of benzene rings is 1. The second-order valence-electron chi connectivity index (χ2n) is 7.56. The number of carbonyl (C=O) groups is 1. The predicted molar refractivity (Wildman–Crippen MR) is 112 cm³/mol. The minimum atomic E-state index is -1.96. The minimum Gasteiger partial charge on any atom is -0.493 e. The first-order valence-electron chi connectivity index (χ1n) is 9.67. The highest BCUT2D eigenvalue weighted by Crippen LogP contribution is 2.36. The number of hydrogen-bond donors (Lipinski definition) is 3. The van der Waals surface area contributed by atoms with E-state index in [1.165, 1.54) is 39.5 Å². The van der Waals surface area contributed by atoms with Crippen LogP contribution in [0.3, 0.4) is 0 Å². The molecule has 0 saturated carbocycles. The Kier molecular flexibility index (Phi) is 5.41. The summed E-state index contributed by atoms with van der Waals surface area (Å²) < 4.78 is 15.9. The first-order chi connectivity index (χ1) is 15.2. The number of amides is 1. The van der Waals surface area contributed by atoms with Crippen molar-refractivity contribution in [2.45, 2.75) is 30.3 Å². The van der Waals surface area contributed by atoms with E-state index < -0.39 is 41.9 Å². The van der Waals surface area contributed by atoms with Gasteiger partial charge in [0.1, 0.15) is 29.2 Å². The number of aliphatic hydroxyl groups is 3. The molecule has 32 heavy (non-hydrogen) atoms. The van der Waals surface area contributed by atoms with Crippen LogP contribution in [0.25, 0.3) is 11.0 Å². The van der Waals surface area contributed by atoms with Crippen molar-refractivity contribution >= 4 is 28.3 Å². The van der Waals surface area contributed by atoms with Crippen LogP contribution < -0.4 is 20.0 Å². The van der Waals surface area contributed by atoms with E-state index in [0.717, 1.165) is 4.90 Å². The molecule has 3 N–H and O–H groups in total. The van der Waals surface area contributed by atoms with E-state index in [2.05, 4.69) is 5.16 Å². The third-order valence-corrected chi connectivity index (χ3v) is 5.67. The van der Waals surface area contributed by atoms with Gasteiger partial charge < -0.3 is 38.9 Å². The molecule has 0 spiro atoms. The number of methoxy groups -OCH3 is 2. The third-order valence-electron chi connectivity index (χ3n) is 5.67. The molecule has 1 aromatic carbocycles. The lowest BCUT2D eigenvalue weighted by atomic mass is 9.78. The monoisotopic (exact) mass is 446 g/mol. The average molecular weight is 446 g/mol. The number of hydrogen-bond acceptors (Lipinski definition) is 10. The van der Waals surface area contributed by atoms with Gasteiger partial charge in [-0.3, -0.25) is 4.79 Å². The van der Waals surface area contributed by atoms with Gasteiger partial charge in [0.15, 0.2) is 17.4 Å². The van der Waals surface area contributed by atoms with Crippen LogP contribution >= 0.6 is 0 Å². The molecule has 11 nitrogen and oxygen atoms in total. The quantitative estimate of drug-likeness (QED) is 0.433. The number of ether oxygens (including phenoxy) is 2. The first-order valence-corrected chi connectivity index (χ1v) is 9.67. The minimum absolute atomic E-state index is 0.0874. The number of nitrogens with zero attached hydrogens (tertiary/aromatic N) is 2. The molecule has 0 saturated heterocycles. The summed E-state index contributed by atoms with van der Waals surface area (Å²) in [6, 6.07) is 4.72. The van der Waals surface area contributed by atoms with E-state index in [-0.39, 0.29) is 22.7 Å². The normalized spacial score (nSPS) is 26.7. The molecular formula is C21H22N2O9. The topological polar surface area (TPSA) is 151 Å². The summed E-state index contributed by atoms with van der Waals surface area (Å²) in [5, 5.41) is 35.3. The highest BCUT2D eigenvalue weighted by atomic mass is 16.7. The molecule has 2 aliphatic rings. The van der Waals surface area contributed by atoms with Crippen LogP contribution in [-0.4, -0.2) is 72.1 Å². The Labute approximate surface area is 181 Å². The lowest BCUT2D eigenvalue weighted by molar-refractivity contribution is -0.191. The van der Waals surface area contributed by atoms with Gasteiger partial charge in [-0.15, -0.1) is 0 Å². The molecule has 2 aromatic rings. The molecule has 2 heterocycles. The first kappa shape index (κ1) is 21.8. The van der Waals surface area contributed by atoms with Crippen molar-refractivity contribution < 1.29 is 38.8 Å². The summed E-state index contributed by atoms with van der Waals surface area (Å²) in [5.74, 6) is -0.141. The molecule has 1 aliphatic heterocycles. The van der Waals surface area contributed by atoms with Crippen molar-refractivity contribution in [2.75, 3.05) is 26.2 Å². The van der Waals surface area contributed by atoms with E-state index in [4.69, 9.17) is 18.7 Å². The van der Waals surface area contributed by atoms with Gasteiger partial charge in [0, 0.05) is 18.9 Å². The summed E-state index contributed by atoms with van der Waals surface area (Å²) in [5.41, 5.74) is -2.94. The fourth-order valence-electron chi connectivity index (χ4n) is 3.87. The lowest BCUT2D eigenvalue weighted by Gasteiger charge is -2.43. The Bertz CT molecular complexity index is 1190. The number of fused-ring (bicyclic) bond motifs is 2. The van der Waals surface area contributed by atoms with E-state index in [0.29, 0.717) is 11.1 Å². The van der Waals surface area contributed by atoms with Gasteiger partial charge in [0.05, 0.1) is 14.2 Å². The third kappa shape index (κ3) is 3.30. The number of aliphatic hydroxyl groups excluding tert-OH is 2. The van der Waals surface area contributed by atoms with Crippen molar-refractivity contribution in [2.24, 2.45) is 5.16 Å². The maximum Gasteiger partial charge on any atom is 0.360 e. The lowest BCUT2D eigenvalue weighted by Crippen LogP contribution is -2.62. The molecular weight excluding hydrogens is 424 g/mol. The molecule has 1 aliphatic carbocycles. The van der Waals surface area contributed by atoms with Gasteiger partial charge in [-0.1, -0.05) is 17.3 Å². The van der Waals surface area contributed by atoms with Crippen LogP contribution in [0.15, 0.2) is 44.7 Å². The summed E-state index contributed by atoms with van der Waals surface area (Å²) in [4.78, 5) is 31.8. The fraction of sp³-hybridized carbons (Fsp3) is 0.381. The van der Waals surface area contributed by atoms with Crippen molar-refractivity contribution in [3.8, 4) is 11.5 Å². The van der Waals surface area contributed by atoms with Crippen molar-refractivity contribution in [3.05, 3.63) is 40.8 Å². The maximum absolute atomic E-state index is 13.0. The summed E-state index contributed by atoms with van der Waals surface area (Å²) in [6.07, 6.45) is -1.72. The Morgan fingerprint density at radius 3 is 2.69 bits per heavy atom. The van der Waals surface area contributed by atoms with Crippen LogP contribution in [0.4, 0.5) is 5.69 Å². The van der Waals surface area contributed by atoms with Gasteiger partial charge in [-0.05, 0) is 18.2 Å². The standard InChI is InChI=1S/C21H22N2O9/c1-23(12-8-10-4-6-14(29-2)17(30-3)16(10)31-20(12)27)19(26)11-9-21(28)15(25)7-5-13(24)18(21)32-22-11/h4-8,13,15,18,24-25,28H,9H2,1-3H3/t13-,15-,18+,21+/m0/s1. The number of rotatable bonds is 4. The van der Waals surface area contributed by atoms with Gasteiger partial charge in [-0.25, -0.2) is 4.79 Å². The second-order valence-corrected chi connectivity index (χ2v) is 7.56. The number of oxime groups is 1. The maximum atomic E-state index is 13.0. The fourth-order valence-corrected chi connectivity index (χ4v) is 3.87. The molecule has 4 atom stereocenters. The Balaban J connectivity index is 1.68. The van der Waals surface area contributed by atoms with E-state index in [1.54, 1.807) is 12.1 Å². The Morgan fingerprint density at radius 1 is 1.25 bits per heavy atom. The van der Waals surface area contributed by atoms with E-state index in [1.807, 2.05) is 0 Å².